The maximum absolute atomic E-state index is 14.0. The minimum atomic E-state index is -0.625. The molecule has 8 heteroatoms. The van der Waals surface area contributed by atoms with Gasteiger partial charge in [-0.1, -0.05) is 61.1 Å². The summed E-state index contributed by atoms with van der Waals surface area (Å²) in [7, 11) is 0. The standard InChI is InChI=1S/C32H32ClN3O3S/c1-7-39-31(38)28-20(5)34-32-36(29(28)23-10-8-22(9-11-23)18(2)3)30(37)27(40-32)17-24-16-19(4)35(21(24)6)26-14-12-25(33)13-15-26/h8-18,29H,7H2,1-6H3/t29-/m1/s1. The first-order valence-corrected chi connectivity index (χ1v) is 14.5. The molecule has 1 aliphatic rings. The Morgan fingerprint density at radius 1 is 1.10 bits per heavy atom. The average Bonchev–Trinajstić information content (AvgIpc) is 3.38. The summed E-state index contributed by atoms with van der Waals surface area (Å²) in [5, 5.41) is 0.679. The fourth-order valence-electron chi connectivity index (χ4n) is 5.23. The van der Waals surface area contributed by atoms with Crippen molar-refractivity contribution in [2.75, 3.05) is 6.61 Å². The highest BCUT2D eigenvalue weighted by molar-refractivity contribution is 7.07. The summed E-state index contributed by atoms with van der Waals surface area (Å²) in [5.41, 5.74) is 6.78. The molecule has 0 fully saturated rings. The van der Waals surface area contributed by atoms with Gasteiger partial charge in [-0.25, -0.2) is 9.79 Å². The van der Waals surface area contributed by atoms with E-state index in [0.717, 1.165) is 28.2 Å². The second-order valence-electron chi connectivity index (χ2n) is 10.3. The predicted molar refractivity (Wildman–Crippen MR) is 161 cm³/mol. The molecule has 0 spiro atoms. The maximum atomic E-state index is 14.0. The second kappa shape index (κ2) is 11.1. The quantitative estimate of drug-likeness (QED) is 0.266. The number of thiazole rings is 1. The number of hydrogen-bond donors (Lipinski definition) is 0. The van der Waals surface area contributed by atoms with E-state index in [2.05, 4.69) is 36.6 Å². The number of aromatic nitrogens is 2. The first-order valence-electron chi connectivity index (χ1n) is 13.3. The van der Waals surface area contributed by atoms with Crippen LogP contribution in [0.1, 0.15) is 67.7 Å². The maximum Gasteiger partial charge on any atom is 0.338 e. The molecule has 0 N–H and O–H groups in total. The number of rotatable bonds is 6. The monoisotopic (exact) mass is 573 g/mol. The van der Waals surface area contributed by atoms with E-state index >= 15 is 0 Å². The minimum absolute atomic E-state index is 0.188. The van der Waals surface area contributed by atoms with Crippen LogP contribution in [0.15, 0.2) is 75.7 Å². The van der Waals surface area contributed by atoms with Gasteiger partial charge in [-0.05, 0) is 86.7 Å². The van der Waals surface area contributed by atoms with Crippen LogP contribution in [0.2, 0.25) is 5.02 Å². The molecule has 0 saturated heterocycles. The fourth-order valence-corrected chi connectivity index (χ4v) is 6.40. The Morgan fingerprint density at radius 3 is 2.40 bits per heavy atom. The van der Waals surface area contributed by atoms with Gasteiger partial charge in [-0.3, -0.25) is 9.36 Å². The highest BCUT2D eigenvalue weighted by Gasteiger charge is 2.33. The predicted octanol–water partition coefficient (Wildman–Crippen LogP) is 5.98. The summed E-state index contributed by atoms with van der Waals surface area (Å²) >= 11 is 7.43. The van der Waals surface area contributed by atoms with Crippen LogP contribution in [-0.2, 0) is 9.53 Å². The summed E-state index contributed by atoms with van der Waals surface area (Å²) in [6.45, 7) is 12.2. The molecule has 1 aliphatic heterocycles. The summed E-state index contributed by atoms with van der Waals surface area (Å²) < 4.78 is 9.75. The SMILES string of the molecule is CCOC(=O)C1=C(C)N=c2sc(=Cc3cc(C)n(-c4ccc(Cl)cc4)c3C)c(=O)n2[C@@H]1c1ccc(C(C)C)cc1. The molecule has 0 amide bonds. The van der Waals surface area contributed by atoms with E-state index in [9.17, 15) is 9.59 Å². The summed E-state index contributed by atoms with van der Waals surface area (Å²) in [4.78, 5) is 32.4. The van der Waals surface area contributed by atoms with Crippen LogP contribution in [0.5, 0.6) is 0 Å². The van der Waals surface area contributed by atoms with Crippen LogP contribution >= 0.6 is 22.9 Å². The van der Waals surface area contributed by atoms with Crippen molar-refractivity contribution in [1.82, 2.24) is 9.13 Å². The van der Waals surface area contributed by atoms with Crippen LogP contribution in [0, 0.1) is 13.8 Å². The number of esters is 1. The van der Waals surface area contributed by atoms with Gasteiger partial charge < -0.3 is 9.30 Å². The van der Waals surface area contributed by atoms with E-state index in [1.165, 1.54) is 16.9 Å². The highest BCUT2D eigenvalue weighted by Crippen LogP contribution is 2.31. The van der Waals surface area contributed by atoms with Crippen molar-refractivity contribution in [3.05, 3.63) is 119 Å². The zero-order valence-corrected chi connectivity index (χ0v) is 25.1. The van der Waals surface area contributed by atoms with E-state index in [-0.39, 0.29) is 12.2 Å². The van der Waals surface area contributed by atoms with E-state index < -0.39 is 12.0 Å². The van der Waals surface area contributed by atoms with Crippen molar-refractivity contribution >= 4 is 35.0 Å². The van der Waals surface area contributed by atoms with Crippen LogP contribution in [-0.4, -0.2) is 21.7 Å². The fraction of sp³-hybridized carbons (Fsp3) is 0.281. The Hall–Kier alpha value is -3.68. The molecule has 0 unspecified atom stereocenters. The van der Waals surface area contributed by atoms with Gasteiger partial charge in [0.1, 0.15) is 0 Å². The molecule has 206 valence electrons. The van der Waals surface area contributed by atoms with Crippen LogP contribution in [0.4, 0.5) is 0 Å². The number of allylic oxidation sites excluding steroid dienone is 1. The molecule has 0 aliphatic carbocycles. The molecule has 0 radical (unpaired) electrons. The number of nitrogens with zero attached hydrogens (tertiary/aromatic N) is 3. The largest absolute Gasteiger partial charge is 0.463 e. The molecule has 0 bridgehead atoms. The van der Waals surface area contributed by atoms with E-state index in [0.29, 0.717) is 31.5 Å². The van der Waals surface area contributed by atoms with Crippen molar-refractivity contribution in [2.45, 2.75) is 53.5 Å². The molecular formula is C32H32ClN3O3S. The Balaban J connectivity index is 1.67. The number of ether oxygens (including phenoxy) is 1. The van der Waals surface area contributed by atoms with Crippen LogP contribution < -0.4 is 14.9 Å². The third-order valence-corrected chi connectivity index (χ3v) is 8.51. The third kappa shape index (κ3) is 5.00. The van der Waals surface area contributed by atoms with Crippen LogP contribution in [0.25, 0.3) is 11.8 Å². The Bertz CT molecular complexity index is 1810. The zero-order chi connectivity index (χ0) is 28.7. The van der Waals surface area contributed by atoms with Gasteiger partial charge in [0.2, 0.25) is 0 Å². The molecule has 1 atom stereocenters. The molecule has 2 aromatic carbocycles. The van der Waals surface area contributed by atoms with Crippen molar-refractivity contribution in [2.24, 2.45) is 4.99 Å². The topological polar surface area (TPSA) is 65.6 Å². The smallest absolute Gasteiger partial charge is 0.338 e. The van der Waals surface area contributed by atoms with Gasteiger partial charge in [0, 0.05) is 22.1 Å². The second-order valence-corrected chi connectivity index (χ2v) is 11.7. The average molecular weight is 574 g/mol. The van der Waals surface area contributed by atoms with Gasteiger partial charge >= 0.3 is 5.97 Å². The molecular weight excluding hydrogens is 542 g/mol. The lowest BCUT2D eigenvalue weighted by atomic mass is 9.93. The molecule has 40 heavy (non-hydrogen) atoms. The lowest BCUT2D eigenvalue weighted by molar-refractivity contribution is -0.139. The molecule has 0 saturated carbocycles. The number of carbonyl (C=O) groups is 1. The molecule has 6 nitrogen and oxygen atoms in total. The normalized spacial score (nSPS) is 15.4. The van der Waals surface area contributed by atoms with Gasteiger partial charge in [0.25, 0.3) is 5.56 Å². The number of benzene rings is 2. The lowest BCUT2D eigenvalue weighted by Gasteiger charge is -2.25. The van der Waals surface area contributed by atoms with Crippen molar-refractivity contribution < 1.29 is 9.53 Å². The number of hydrogen-bond acceptors (Lipinski definition) is 5. The van der Waals surface area contributed by atoms with Crippen molar-refractivity contribution in [3.8, 4) is 5.69 Å². The number of fused-ring (bicyclic) bond motifs is 1. The number of halogens is 1. The van der Waals surface area contributed by atoms with Gasteiger partial charge in [0.05, 0.1) is 28.5 Å². The highest BCUT2D eigenvalue weighted by atomic mass is 35.5. The molecule has 3 heterocycles. The third-order valence-electron chi connectivity index (χ3n) is 7.28. The number of carbonyl (C=O) groups excluding carboxylic acids is 1. The summed E-state index contributed by atoms with van der Waals surface area (Å²) in [6, 6.07) is 17.2. The molecule has 4 aromatic rings. The molecule has 5 rings (SSSR count). The van der Waals surface area contributed by atoms with E-state index in [1.807, 2.05) is 56.3 Å². The molecule has 2 aromatic heterocycles. The van der Waals surface area contributed by atoms with E-state index in [1.54, 1.807) is 18.4 Å². The van der Waals surface area contributed by atoms with Gasteiger partial charge in [-0.2, -0.15) is 0 Å². The Kier molecular flexibility index (Phi) is 7.71. The van der Waals surface area contributed by atoms with Crippen LogP contribution in [0.3, 0.4) is 0 Å². The minimum Gasteiger partial charge on any atom is -0.463 e. The summed E-state index contributed by atoms with van der Waals surface area (Å²) in [6.07, 6.45) is 1.92. The van der Waals surface area contributed by atoms with E-state index in [4.69, 9.17) is 21.3 Å². The summed E-state index contributed by atoms with van der Waals surface area (Å²) in [5.74, 6) is -0.0906. The van der Waals surface area contributed by atoms with Gasteiger partial charge in [0.15, 0.2) is 4.80 Å². The van der Waals surface area contributed by atoms with Gasteiger partial charge in [-0.15, -0.1) is 0 Å². The van der Waals surface area contributed by atoms with Crippen molar-refractivity contribution in [1.29, 1.82) is 0 Å². The zero-order valence-electron chi connectivity index (χ0n) is 23.5. The Labute approximate surface area is 242 Å². The lowest BCUT2D eigenvalue weighted by Crippen LogP contribution is -2.39. The first-order chi connectivity index (χ1) is 19.1. The number of aryl methyl sites for hydroxylation is 1. The van der Waals surface area contributed by atoms with Crippen molar-refractivity contribution in [3.63, 3.8) is 0 Å². The Morgan fingerprint density at radius 2 is 1.77 bits per heavy atom. The first kappa shape index (κ1) is 27.9.